The molecule has 2 heterocycles. The maximum absolute atomic E-state index is 3.57. The van der Waals surface area contributed by atoms with Gasteiger partial charge in [-0.3, -0.25) is 4.90 Å². The Morgan fingerprint density at radius 1 is 1.38 bits per heavy atom. The summed E-state index contributed by atoms with van der Waals surface area (Å²) < 4.78 is 0. The van der Waals surface area contributed by atoms with Crippen molar-refractivity contribution in [3.05, 3.63) is 0 Å². The Balaban J connectivity index is 1.97. The molecule has 0 aromatic rings. The van der Waals surface area contributed by atoms with E-state index in [9.17, 15) is 0 Å². The molecular weight excluding hydrogens is 180 g/mol. The number of thioether (sulfide) groups is 1. The fourth-order valence-electron chi connectivity index (χ4n) is 2.19. The van der Waals surface area contributed by atoms with Crippen LogP contribution < -0.4 is 5.32 Å². The molecule has 3 heteroatoms. The minimum Gasteiger partial charge on any atom is -0.304 e. The Hall–Kier alpha value is 0.270. The van der Waals surface area contributed by atoms with E-state index in [1.165, 1.54) is 19.5 Å². The Morgan fingerprint density at radius 3 is 2.85 bits per heavy atom. The number of hydrogen-bond acceptors (Lipinski definition) is 3. The van der Waals surface area contributed by atoms with Crippen molar-refractivity contribution < 1.29 is 0 Å². The molecule has 0 amide bonds. The molecule has 0 saturated carbocycles. The lowest BCUT2D eigenvalue weighted by molar-refractivity contribution is 0.104. The second kappa shape index (κ2) is 3.44. The molecule has 2 nitrogen and oxygen atoms in total. The second-order valence-electron chi connectivity index (χ2n) is 5.07. The fraction of sp³-hybridized carbons (Fsp3) is 1.00. The van der Waals surface area contributed by atoms with E-state index >= 15 is 0 Å². The summed E-state index contributed by atoms with van der Waals surface area (Å²) in [4.78, 5) is 2.62. The van der Waals surface area contributed by atoms with E-state index in [4.69, 9.17) is 0 Å². The minimum atomic E-state index is 0.355. The zero-order valence-electron chi connectivity index (χ0n) is 8.84. The summed E-state index contributed by atoms with van der Waals surface area (Å²) in [6.07, 6.45) is 1.33. The summed E-state index contributed by atoms with van der Waals surface area (Å²) >= 11 is 2.09. The molecule has 2 saturated heterocycles. The van der Waals surface area contributed by atoms with Crippen LogP contribution in [0.3, 0.4) is 0 Å². The molecular formula is C10H20N2S. The summed E-state index contributed by atoms with van der Waals surface area (Å²) in [6.45, 7) is 9.49. The van der Waals surface area contributed by atoms with E-state index in [2.05, 4.69) is 42.7 Å². The van der Waals surface area contributed by atoms with Gasteiger partial charge in [0, 0.05) is 35.8 Å². The Kier molecular flexibility index (Phi) is 2.60. The van der Waals surface area contributed by atoms with Gasteiger partial charge in [0.15, 0.2) is 0 Å². The first-order valence-corrected chi connectivity index (χ1v) is 6.22. The van der Waals surface area contributed by atoms with E-state index in [-0.39, 0.29) is 0 Å². The predicted octanol–water partition coefficient (Wildman–Crippen LogP) is 1.52. The molecule has 0 radical (unpaired) electrons. The molecule has 76 valence electrons. The van der Waals surface area contributed by atoms with Gasteiger partial charge in [-0.2, -0.15) is 0 Å². The van der Waals surface area contributed by atoms with Crippen LogP contribution in [-0.2, 0) is 0 Å². The quantitative estimate of drug-likeness (QED) is 0.638. The maximum atomic E-state index is 3.57. The predicted molar refractivity (Wildman–Crippen MR) is 59.1 cm³/mol. The van der Waals surface area contributed by atoms with Crippen LogP contribution in [0.15, 0.2) is 0 Å². The van der Waals surface area contributed by atoms with Crippen molar-refractivity contribution in [1.82, 2.24) is 10.2 Å². The van der Waals surface area contributed by atoms with E-state index in [1.807, 2.05) is 0 Å². The van der Waals surface area contributed by atoms with Crippen LogP contribution >= 0.6 is 11.8 Å². The van der Waals surface area contributed by atoms with Crippen molar-refractivity contribution in [1.29, 1.82) is 0 Å². The minimum absolute atomic E-state index is 0.355. The number of hydrogen-bond donors (Lipinski definition) is 1. The first-order chi connectivity index (χ1) is 6.07. The Bertz CT molecular complexity index is 188. The number of likely N-dealkylation sites (tertiary alicyclic amines) is 1. The molecule has 2 rings (SSSR count). The van der Waals surface area contributed by atoms with Crippen LogP contribution in [0.5, 0.6) is 0 Å². The highest BCUT2D eigenvalue weighted by Crippen LogP contribution is 2.30. The van der Waals surface area contributed by atoms with Crippen LogP contribution in [0.4, 0.5) is 0 Å². The maximum Gasteiger partial charge on any atom is 0.0424 e. The summed E-state index contributed by atoms with van der Waals surface area (Å²) in [5, 5.41) is 4.41. The van der Waals surface area contributed by atoms with Crippen LogP contribution in [0, 0.1) is 0 Å². The lowest BCUT2D eigenvalue weighted by Crippen LogP contribution is -2.53. The molecule has 2 unspecified atom stereocenters. The van der Waals surface area contributed by atoms with E-state index in [0.29, 0.717) is 5.54 Å². The van der Waals surface area contributed by atoms with E-state index in [0.717, 1.165) is 17.2 Å². The summed E-state index contributed by atoms with van der Waals surface area (Å²) in [7, 11) is 0. The van der Waals surface area contributed by atoms with Gasteiger partial charge in [0.1, 0.15) is 0 Å². The van der Waals surface area contributed by atoms with Gasteiger partial charge >= 0.3 is 0 Å². The normalized spacial score (nSPS) is 36.2. The average Bonchev–Trinajstić information content (AvgIpc) is 2.47. The number of fused-ring (bicyclic) bond motifs is 1. The molecule has 0 aromatic carbocycles. The van der Waals surface area contributed by atoms with Gasteiger partial charge in [0.05, 0.1) is 0 Å². The second-order valence-corrected chi connectivity index (χ2v) is 6.29. The molecule has 0 aliphatic carbocycles. The summed E-state index contributed by atoms with van der Waals surface area (Å²) in [5.41, 5.74) is 0.355. The van der Waals surface area contributed by atoms with Gasteiger partial charge in [-0.05, 0) is 27.2 Å². The standard InChI is InChI=1S/C10H20N2S/c1-10(2,3)12-5-4-8-9(6-12)13-7-11-8/h8-9,11H,4-7H2,1-3H3. The largest absolute Gasteiger partial charge is 0.304 e. The first kappa shape index (κ1) is 9.81. The van der Waals surface area contributed by atoms with E-state index in [1.54, 1.807) is 0 Å². The van der Waals surface area contributed by atoms with Gasteiger partial charge in [-0.1, -0.05) is 0 Å². The van der Waals surface area contributed by atoms with Crippen LogP contribution in [0.2, 0.25) is 0 Å². The van der Waals surface area contributed by atoms with Crippen molar-refractivity contribution in [3.8, 4) is 0 Å². The monoisotopic (exact) mass is 200 g/mol. The van der Waals surface area contributed by atoms with Gasteiger partial charge in [-0.15, -0.1) is 11.8 Å². The van der Waals surface area contributed by atoms with Crippen LogP contribution in [-0.4, -0.2) is 40.7 Å². The van der Waals surface area contributed by atoms with E-state index < -0.39 is 0 Å². The zero-order valence-corrected chi connectivity index (χ0v) is 9.66. The van der Waals surface area contributed by atoms with Crippen molar-refractivity contribution in [2.75, 3.05) is 19.0 Å². The van der Waals surface area contributed by atoms with Crippen LogP contribution in [0.1, 0.15) is 27.2 Å². The molecule has 0 aromatic heterocycles. The molecule has 1 N–H and O–H groups in total. The third-order valence-electron chi connectivity index (χ3n) is 3.15. The van der Waals surface area contributed by atoms with Gasteiger partial charge in [0.2, 0.25) is 0 Å². The Morgan fingerprint density at radius 2 is 2.15 bits per heavy atom. The molecule has 0 spiro atoms. The Labute approximate surface area is 85.4 Å². The number of rotatable bonds is 0. The van der Waals surface area contributed by atoms with Crippen molar-refractivity contribution in [2.24, 2.45) is 0 Å². The third kappa shape index (κ3) is 2.03. The van der Waals surface area contributed by atoms with Crippen LogP contribution in [0.25, 0.3) is 0 Å². The average molecular weight is 200 g/mol. The van der Waals surface area contributed by atoms with Gasteiger partial charge in [-0.25, -0.2) is 0 Å². The number of nitrogens with zero attached hydrogens (tertiary/aromatic N) is 1. The lowest BCUT2D eigenvalue weighted by Gasteiger charge is -2.42. The fourth-order valence-corrected chi connectivity index (χ4v) is 3.46. The lowest BCUT2D eigenvalue weighted by atomic mass is 9.98. The highest BCUT2D eigenvalue weighted by Gasteiger charge is 2.36. The van der Waals surface area contributed by atoms with Gasteiger partial charge in [0.25, 0.3) is 0 Å². The molecule has 2 aliphatic rings. The topological polar surface area (TPSA) is 15.3 Å². The number of nitrogens with one attached hydrogen (secondary N) is 1. The van der Waals surface area contributed by atoms with Crippen molar-refractivity contribution in [2.45, 2.75) is 44.0 Å². The highest BCUT2D eigenvalue weighted by molar-refractivity contribution is 8.00. The zero-order chi connectivity index (χ0) is 9.47. The first-order valence-electron chi connectivity index (χ1n) is 5.17. The smallest absolute Gasteiger partial charge is 0.0424 e. The molecule has 13 heavy (non-hydrogen) atoms. The number of piperidine rings is 1. The third-order valence-corrected chi connectivity index (χ3v) is 4.39. The summed E-state index contributed by atoms with van der Waals surface area (Å²) in [6, 6.07) is 0.795. The van der Waals surface area contributed by atoms with Crippen molar-refractivity contribution in [3.63, 3.8) is 0 Å². The van der Waals surface area contributed by atoms with Crippen molar-refractivity contribution >= 4 is 11.8 Å². The molecule has 2 atom stereocenters. The molecule has 2 aliphatic heterocycles. The van der Waals surface area contributed by atoms with Gasteiger partial charge < -0.3 is 5.32 Å². The molecule has 0 bridgehead atoms. The highest BCUT2D eigenvalue weighted by atomic mass is 32.2. The summed E-state index contributed by atoms with van der Waals surface area (Å²) in [5.74, 6) is 1.16. The SMILES string of the molecule is CC(C)(C)N1CCC2NCSC2C1. The molecule has 2 fully saturated rings.